The summed E-state index contributed by atoms with van der Waals surface area (Å²) in [6.45, 7) is 10.4. The van der Waals surface area contributed by atoms with Gasteiger partial charge in [0, 0.05) is 13.0 Å². The number of esters is 1. The molecule has 0 amide bonds. The molecule has 5 heteroatoms. The van der Waals surface area contributed by atoms with E-state index in [1.165, 1.54) is 70.6 Å². The van der Waals surface area contributed by atoms with Crippen LogP contribution < -0.4 is 0 Å². The van der Waals surface area contributed by atoms with Crippen molar-refractivity contribution in [2.45, 2.75) is 117 Å². The number of ether oxygens (including phenoxy) is 4. The summed E-state index contributed by atoms with van der Waals surface area (Å²) in [4.78, 5) is 11.7. The van der Waals surface area contributed by atoms with Gasteiger partial charge in [-0.15, -0.1) is 0 Å². The molecule has 0 aromatic rings. The lowest BCUT2D eigenvalue weighted by atomic mass is 10.0. The molecule has 1 atom stereocenters. The topological polar surface area (TPSA) is 54.0 Å². The fourth-order valence-electron chi connectivity index (χ4n) is 3.42. The second-order valence-corrected chi connectivity index (χ2v) is 9.03. The van der Waals surface area contributed by atoms with Crippen LogP contribution >= 0.6 is 0 Å². The fraction of sp³-hybridized carbons (Fsp3) is 0.963. The number of unbranched alkanes of at least 4 members (excludes halogenated alkanes) is 12. The second-order valence-electron chi connectivity index (χ2n) is 9.03. The molecule has 0 bridgehead atoms. The van der Waals surface area contributed by atoms with E-state index in [2.05, 4.69) is 20.8 Å². The quantitative estimate of drug-likeness (QED) is 0.102. The van der Waals surface area contributed by atoms with Crippen LogP contribution in [0.5, 0.6) is 0 Å². The van der Waals surface area contributed by atoms with Crippen LogP contribution in [0.25, 0.3) is 0 Å². The molecule has 1 unspecified atom stereocenters. The van der Waals surface area contributed by atoms with Crippen LogP contribution in [-0.2, 0) is 23.7 Å². The van der Waals surface area contributed by atoms with Gasteiger partial charge in [0.05, 0.1) is 33.0 Å². The summed E-state index contributed by atoms with van der Waals surface area (Å²) in [6.07, 6.45) is 18.7. The molecule has 0 aliphatic carbocycles. The molecule has 0 spiro atoms. The minimum absolute atomic E-state index is 0.105. The van der Waals surface area contributed by atoms with Crippen molar-refractivity contribution >= 4 is 5.97 Å². The lowest BCUT2D eigenvalue weighted by Gasteiger charge is -2.10. The first-order valence-electron chi connectivity index (χ1n) is 13.6. The van der Waals surface area contributed by atoms with E-state index >= 15 is 0 Å². The van der Waals surface area contributed by atoms with Crippen molar-refractivity contribution in [1.29, 1.82) is 0 Å². The van der Waals surface area contributed by atoms with Gasteiger partial charge in [-0.05, 0) is 12.3 Å². The molecule has 0 heterocycles. The number of hydrogen-bond donors (Lipinski definition) is 0. The third-order valence-electron chi connectivity index (χ3n) is 5.82. The Balaban J connectivity index is 3.17. The van der Waals surface area contributed by atoms with E-state index in [-0.39, 0.29) is 5.97 Å². The summed E-state index contributed by atoms with van der Waals surface area (Å²) < 4.78 is 21.6. The summed E-state index contributed by atoms with van der Waals surface area (Å²) in [5, 5.41) is 0. The molecule has 0 aromatic carbocycles. The highest BCUT2D eigenvalue weighted by atomic mass is 16.6. The molecule has 5 nitrogen and oxygen atoms in total. The van der Waals surface area contributed by atoms with Gasteiger partial charge in [0.2, 0.25) is 0 Å². The maximum Gasteiger partial charge on any atom is 0.305 e. The van der Waals surface area contributed by atoms with Crippen LogP contribution in [0.2, 0.25) is 0 Å². The second kappa shape index (κ2) is 26.6. The Hall–Kier alpha value is -0.650. The lowest BCUT2D eigenvalue weighted by molar-refractivity contribution is -0.145. The van der Waals surface area contributed by atoms with Crippen LogP contribution in [0.15, 0.2) is 0 Å². The highest BCUT2D eigenvalue weighted by Crippen LogP contribution is 2.13. The van der Waals surface area contributed by atoms with E-state index < -0.39 is 0 Å². The van der Waals surface area contributed by atoms with Crippen LogP contribution in [-0.4, -0.2) is 52.2 Å². The SMILES string of the molecule is CCCCCCCCCCCCCCCC(=O)OCCOCCOCCOCC(C)CC. The molecule has 0 aliphatic rings. The summed E-state index contributed by atoms with van der Waals surface area (Å²) >= 11 is 0. The summed E-state index contributed by atoms with van der Waals surface area (Å²) in [5.74, 6) is 0.497. The van der Waals surface area contributed by atoms with Gasteiger partial charge in [-0.3, -0.25) is 4.79 Å². The van der Waals surface area contributed by atoms with Gasteiger partial charge in [-0.25, -0.2) is 0 Å². The molecular formula is C27H54O5. The molecular weight excluding hydrogens is 404 g/mol. The van der Waals surface area contributed by atoms with Crippen molar-refractivity contribution in [2.24, 2.45) is 5.92 Å². The molecule has 0 saturated carbocycles. The van der Waals surface area contributed by atoms with E-state index in [4.69, 9.17) is 18.9 Å². The average Bonchev–Trinajstić information content (AvgIpc) is 2.80. The molecule has 0 N–H and O–H groups in total. The Kier molecular flexibility index (Phi) is 26.1. The Bertz CT molecular complexity index is 375. The average molecular weight is 459 g/mol. The maximum absolute atomic E-state index is 11.7. The predicted octanol–water partition coefficient (Wildman–Crippen LogP) is 7.11. The first-order chi connectivity index (χ1) is 15.7. The monoisotopic (exact) mass is 458 g/mol. The summed E-state index contributed by atoms with van der Waals surface area (Å²) in [7, 11) is 0. The lowest BCUT2D eigenvalue weighted by Crippen LogP contribution is -2.14. The van der Waals surface area contributed by atoms with Crippen molar-refractivity contribution < 1.29 is 23.7 Å². The third-order valence-corrected chi connectivity index (χ3v) is 5.82. The normalized spacial score (nSPS) is 12.2. The van der Waals surface area contributed by atoms with Crippen molar-refractivity contribution in [1.82, 2.24) is 0 Å². The van der Waals surface area contributed by atoms with Gasteiger partial charge in [0.1, 0.15) is 6.61 Å². The zero-order valence-electron chi connectivity index (χ0n) is 21.7. The molecule has 0 aliphatic heterocycles. The molecule has 0 aromatic heterocycles. The van der Waals surface area contributed by atoms with E-state index in [9.17, 15) is 4.79 Å². The van der Waals surface area contributed by atoms with Crippen molar-refractivity contribution in [3.8, 4) is 0 Å². The number of hydrogen-bond acceptors (Lipinski definition) is 5. The maximum atomic E-state index is 11.7. The van der Waals surface area contributed by atoms with Gasteiger partial charge >= 0.3 is 5.97 Å². The number of rotatable bonds is 26. The Morgan fingerprint density at radius 1 is 0.594 bits per heavy atom. The van der Waals surface area contributed by atoms with Crippen molar-refractivity contribution in [3.05, 3.63) is 0 Å². The first-order valence-corrected chi connectivity index (χ1v) is 13.6. The van der Waals surface area contributed by atoms with Crippen LogP contribution in [0.3, 0.4) is 0 Å². The fourth-order valence-corrected chi connectivity index (χ4v) is 3.42. The largest absolute Gasteiger partial charge is 0.463 e. The molecule has 0 saturated heterocycles. The van der Waals surface area contributed by atoms with Gasteiger partial charge in [0.15, 0.2) is 0 Å². The predicted molar refractivity (Wildman–Crippen MR) is 133 cm³/mol. The Morgan fingerprint density at radius 2 is 1.03 bits per heavy atom. The van der Waals surface area contributed by atoms with Gasteiger partial charge in [0.25, 0.3) is 0 Å². The minimum atomic E-state index is -0.105. The third kappa shape index (κ3) is 25.6. The molecule has 192 valence electrons. The Labute approximate surface area is 199 Å². The number of carbonyl (C=O) groups excluding carboxylic acids is 1. The van der Waals surface area contributed by atoms with Crippen molar-refractivity contribution in [2.75, 3.05) is 46.2 Å². The standard InChI is InChI=1S/C27H54O5/c1-4-6-7-8-9-10-11-12-13-14-15-16-17-18-27(28)32-24-23-30-20-19-29-21-22-31-25-26(3)5-2/h26H,4-25H2,1-3H3. The summed E-state index contributed by atoms with van der Waals surface area (Å²) in [6, 6.07) is 0. The highest BCUT2D eigenvalue weighted by Gasteiger charge is 2.03. The molecule has 0 fully saturated rings. The molecule has 32 heavy (non-hydrogen) atoms. The smallest absolute Gasteiger partial charge is 0.305 e. The minimum Gasteiger partial charge on any atom is -0.463 e. The zero-order valence-corrected chi connectivity index (χ0v) is 21.7. The van der Waals surface area contributed by atoms with E-state index in [1.54, 1.807) is 0 Å². The highest BCUT2D eigenvalue weighted by molar-refractivity contribution is 5.69. The Morgan fingerprint density at radius 3 is 1.53 bits per heavy atom. The van der Waals surface area contributed by atoms with Gasteiger partial charge < -0.3 is 18.9 Å². The van der Waals surface area contributed by atoms with Gasteiger partial charge in [-0.2, -0.15) is 0 Å². The summed E-state index contributed by atoms with van der Waals surface area (Å²) in [5.41, 5.74) is 0. The van der Waals surface area contributed by atoms with Crippen LogP contribution in [0.4, 0.5) is 0 Å². The van der Waals surface area contributed by atoms with Crippen molar-refractivity contribution in [3.63, 3.8) is 0 Å². The van der Waals surface area contributed by atoms with E-state index in [0.717, 1.165) is 25.9 Å². The zero-order chi connectivity index (χ0) is 23.5. The molecule has 0 rings (SSSR count). The number of carbonyl (C=O) groups is 1. The van der Waals surface area contributed by atoms with Gasteiger partial charge in [-0.1, -0.05) is 104 Å². The van der Waals surface area contributed by atoms with E-state index in [1.807, 2.05) is 0 Å². The van der Waals surface area contributed by atoms with Crippen LogP contribution in [0, 0.1) is 5.92 Å². The van der Waals surface area contributed by atoms with E-state index in [0.29, 0.717) is 52.0 Å². The first kappa shape index (κ1) is 31.4. The van der Waals surface area contributed by atoms with Crippen LogP contribution in [0.1, 0.15) is 117 Å². The molecule has 0 radical (unpaired) electrons.